The molecule has 0 unspecified atom stereocenters. The van der Waals surface area contributed by atoms with Crippen molar-refractivity contribution in [1.29, 1.82) is 0 Å². The van der Waals surface area contributed by atoms with Crippen molar-refractivity contribution >= 4 is 11.6 Å². The molecule has 0 heterocycles. The van der Waals surface area contributed by atoms with Crippen LogP contribution in [0.4, 0.5) is 5.69 Å². The van der Waals surface area contributed by atoms with Crippen molar-refractivity contribution in [2.45, 2.75) is 32.9 Å². The second-order valence-electron chi connectivity index (χ2n) is 4.66. The van der Waals surface area contributed by atoms with Gasteiger partial charge in [0.25, 0.3) is 0 Å². The zero-order valence-corrected chi connectivity index (χ0v) is 10.7. The predicted molar refractivity (Wildman–Crippen MR) is 70.7 cm³/mol. The molecule has 0 aromatic heterocycles. The smallest absolute Gasteiger partial charge is 0.243 e. The molecule has 0 bridgehead atoms. The number of nitrogens with two attached hydrogens (primary N) is 1. The minimum absolute atomic E-state index is 0.182. The van der Waals surface area contributed by atoms with Gasteiger partial charge in [0.2, 0.25) is 5.91 Å². The van der Waals surface area contributed by atoms with E-state index in [0.29, 0.717) is 0 Å². The van der Waals surface area contributed by atoms with Crippen LogP contribution in [0.3, 0.4) is 0 Å². The van der Waals surface area contributed by atoms with Gasteiger partial charge in [-0.3, -0.25) is 4.79 Å². The van der Waals surface area contributed by atoms with Crippen molar-refractivity contribution in [3.63, 3.8) is 0 Å². The monoisotopic (exact) mass is 235 g/mol. The maximum atomic E-state index is 11.7. The van der Waals surface area contributed by atoms with Crippen molar-refractivity contribution in [2.75, 3.05) is 11.9 Å². The first-order chi connectivity index (χ1) is 7.93. The molecular formula is C13H21N3O. The number of amides is 1. The number of hydrogen-bond acceptors (Lipinski definition) is 3. The molecule has 0 aliphatic heterocycles. The van der Waals surface area contributed by atoms with Crippen molar-refractivity contribution in [1.82, 2.24) is 5.32 Å². The van der Waals surface area contributed by atoms with Gasteiger partial charge in [-0.25, -0.2) is 0 Å². The first-order valence-electron chi connectivity index (χ1n) is 5.83. The molecule has 1 rings (SSSR count). The van der Waals surface area contributed by atoms with Gasteiger partial charge in [-0.2, -0.15) is 0 Å². The topological polar surface area (TPSA) is 67.1 Å². The fourth-order valence-corrected chi connectivity index (χ4v) is 1.32. The van der Waals surface area contributed by atoms with E-state index in [0.717, 1.165) is 24.3 Å². The number of carbonyl (C=O) groups excluding carboxylic acids is 1. The maximum absolute atomic E-state index is 11.7. The van der Waals surface area contributed by atoms with Crippen LogP contribution in [0.15, 0.2) is 24.3 Å². The lowest BCUT2D eigenvalue weighted by Gasteiger charge is -2.18. The Morgan fingerprint density at radius 3 is 2.71 bits per heavy atom. The van der Waals surface area contributed by atoms with Gasteiger partial charge in [0.05, 0.1) is 5.54 Å². The van der Waals surface area contributed by atoms with Gasteiger partial charge in [0.1, 0.15) is 0 Å². The molecule has 94 valence electrons. The van der Waals surface area contributed by atoms with E-state index in [1.165, 1.54) is 0 Å². The zero-order valence-electron chi connectivity index (χ0n) is 10.7. The first-order valence-corrected chi connectivity index (χ1v) is 5.83. The quantitative estimate of drug-likeness (QED) is 0.724. The average molecular weight is 235 g/mol. The summed E-state index contributed by atoms with van der Waals surface area (Å²) in [6, 6.07) is 7.75. The third-order valence-corrected chi connectivity index (χ3v) is 2.35. The van der Waals surface area contributed by atoms with Crippen LogP contribution in [0.5, 0.6) is 0 Å². The Morgan fingerprint density at radius 2 is 2.12 bits per heavy atom. The number of hydrogen-bond donors (Lipinski definition) is 3. The number of anilines is 1. The van der Waals surface area contributed by atoms with E-state index in [1.54, 1.807) is 13.8 Å². The van der Waals surface area contributed by atoms with Crippen molar-refractivity contribution < 1.29 is 4.79 Å². The fraction of sp³-hybridized carbons (Fsp3) is 0.462. The lowest BCUT2D eigenvalue weighted by Crippen LogP contribution is -2.45. The number of carbonyl (C=O) groups is 1. The van der Waals surface area contributed by atoms with Gasteiger partial charge in [-0.15, -0.1) is 0 Å². The minimum atomic E-state index is -0.863. The maximum Gasteiger partial charge on any atom is 0.243 e. The highest BCUT2D eigenvalue weighted by Crippen LogP contribution is 2.12. The summed E-state index contributed by atoms with van der Waals surface area (Å²) in [6.45, 7) is 7.15. The van der Waals surface area contributed by atoms with Crippen molar-refractivity contribution in [2.24, 2.45) is 5.73 Å². The van der Waals surface area contributed by atoms with Gasteiger partial charge in [0, 0.05) is 12.2 Å². The molecule has 0 atom stereocenters. The second kappa shape index (κ2) is 5.80. The highest BCUT2D eigenvalue weighted by atomic mass is 16.2. The summed E-state index contributed by atoms with van der Waals surface area (Å²) in [6.07, 6.45) is 0. The summed E-state index contributed by atoms with van der Waals surface area (Å²) in [5.74, 6) is -0.182. The Kier molecular flexibility index (Phi) is 4.66. The van der Waals surface area contributed by atoms with Crippen LogP contribution in [-0.2, 0) is 11.3 Å². The van der Waals surface area contributed by atoms with Crippen LogP contribution in [-0.4, -0.2) is 18.0 Å². The molecule has 17 heavy (non-hydrogen) atoms. The minimum Gasteiger partial charge on any atom is -0.325 e. The van der Waals surface area contributed by atoms with Crippen LogP contribution < -0.4 is 16.4 Å². The molecule has 0 saturated carbocycles. The predicted octanol–water partition coefficient (Wildman–Crippen LogP) is 1.47. The van der Waals surface area contributed by atoms with Gasteiger partial charge < -0.3 is 16.4 Å². The fourth-order valence-electron chi connectivity index (χ4n) is 1.32. The van der Waals surface area contributed by atoms with Gasteiger partial charge in [0.15, 0.2) is 0 Å². The summed E-state index contributed by atoms with van der Waals surface area (Å²) in [5, 5.41) is 6.04. The van der Waals surface area contributed by atoms with Crippen molar-refractivity contribution in [3.05, 3.63) is 29.8 Å². The highest BCUT2D eigenvalue weighted by Gasteiger charge is 2.21. The summed E-state index contributed by atoms with van der Waals surface area (Å²) in [7, 11) is 0. The van der Waals surface area contributed by atoms with E-state index < -0.39 is 5.54 Å². The van der Waals surface area contributed by atoms with Crippen LogP contribution in [0, 0.1) is 0 Å². The zero-order chi connectivity index (χ0) is 12.9. The summed E-state index contributed by atoms with van der Waals surface area (Å²) >= 11 is 0. The molecular weight excluding hydrogens is 214 g/mol. The van der Waals surface area contributed by atoms with Gasteiger partial charge in [-0.05, 0) is 38.1 Å². The molecule has 0 radical (unpaired) electrons. The molecule has 1 aromatic rings. The Morgan fingerprint density at radius 1 is 1.41 bits per heavy atom. The third kappa shape index (κ3) is 4.54. The highest BCUT2D eigenvalue weighted by molar-refractivity contribution is 5.97. The Hall–Kier alpha value is -1.39. The molecule has 0 aliphatic carbocycles. The lowest BCUT2D eigenvalue weighted by atomic mass is 10.1. The molecule has 0 aliphatic rings. The first kappa shape index (κ1) is 13.7. The molecule has 0 saturated heterocycles. The summed E-state index contributed by atoms with van der Waals surface area (Å²) < 4.78 is 0. The molecule has 4 nitrogen and oxygen atoms in total. The normalized spacial score (nSPS) is 11.3. The van der Waals surface area contributed by atoms with Gasteiger partial charge >= 0.3 is 0 Å². The Balaban J connectivity index is 2.69. The van der Waals surface area contributed by atoms with Crippen LogP contribution >= 0.6 is 0 Å². The SMILES string of the molecule is CCNCc1cccc(NC(=O)C(C)(C)N)c1. The molecule has 0 spiro atoms. The van der Waals surface area contributed by atoms with E-state index >= 15 is 0 Å². The standard InChI is InChI=1S/C13H21N3O/c1-4-15-9-10-6-5-7-11(8-10)16-12(17)13(2,3)14/h5-8,15H,4,9,14H2,1-3H3,(H,16,17). The second-order valence-corrected chi connectivity index (χ2v) is 4.66. The van der Waals surface area contributed by atoms with Crippen LogP contribution in [0.25, 0.3) is 0 Å². The third-order valence-electron chi connectivity index (χ3n) is 2.35. The summed E-state index contributed by atoms with van der Waals surface area (Å²) in [4.78, 5) is 11.7. The van der Waals surface area contributed by atoms with E-state index in [4.69, 9.17) is 5.73 Å². The van der Waals surface area contributed by atoms with Gasteiger partial charge in [-0.1, -0.05) is 19.1 Å². The molecule has 4 heteroatoms. The lowest BCUT2D eigenvalue weighted by molar-refractivity contribution is -0.120. The van der Waals surface area contributed by atoms with Crippen LogP contribution in [0.1, 0.15) is 26.3 Å². The van der Waals surface area contributed by atoms with Crippen molar-refractivity contribution in [3.8, 4) is 0 Å². The molecule has 4 N–H and O–H groups in total. The largest absolute Gasteiger partial charge is 0.325 e. The van der Waals surface area contributed by atoms with Crippen LogP contribution in [0.2, 0.25) is 0 Å². The van der Waals surface area contributed by atoms with E-state index in [2.05, 4.69) is 17.6 Å². The van der Waals surface area contributed by atoms with E-state index in [-0.39, 0.29) is 5.91 Å². The number of rotatable bonds is 5. The molecule has 1 aromatic carbocycles. The Bertz CT molecular complexity index is 382. The Labute approximate surface area is 103 Å². The molecule has 1 amide bonds. The number of benzene rings is 1. The number of nitrogens with one attached hydrogen (secondary N) is 2. The average Bonchev–Trinajstić information content (AvgIpc) is 2.25. The summed E-state index contributed by atoms with van der Waals surface area (Å²) in [5.41, 5.74) is 6.78. The molecule has 0 fully saturated rings. The van der Waals surface area contributed by atoms with E-state index in [9.17, 15) is 4.79 Å². The van der Waals surface area contributed by atoms with E-state index in [1.807, 2.05) is 24.3 Å².